The van der Waals surface area contributed by atoms with Gasteiger partial charge in [0.1, 0.15) is 0 Å². The maximum atomic E-state index is 5.64. The minimum absolute atomic E-state index is 0. The predicted octanol–water partition coefficient (Wildman–Crippen LogP) is 4.17. The fourth-order valence-electron chi connectivity index (χ4n) is 3.58. The Kier molecular flexibility index (Phi) is 10.4. The van der Waals surface area contributed by atoms with Gasteiger partial charge in [0.25, 0.3) is 0 Å². The lowest BCUT2D eigenvalue weighted by Gasteiger charge is -2.36. The summed E-state index contributed by atoms with van der Waals surface area (Å²) in [5.41, 5.74) is 1.43. The van der Waals surface area contributed by atoms with Gasteiger partial charge in [-0.25, -0.2) is 4.98 Å². The molecule has 2 N–H and O–H groups in total. The molecule has 1 saturated heterocycles. The van der Waals surface area contributed by atoms with Crippen molar-refractivity contribution in [2.45, 2.75) is 44.9 Å². The molecule has 0 unspecified atom stereocenters. The highest BCUT2D eigenvalue weighted by atomic mass is 127. The summed E-state index contributed by atoms with van der Waals surface area (Å²) in [6.07, 6.45) is 6.00. The van der Waals surface area contributed by atoms with E-state index in [9.17, 15) is 0 Å². The maximum Gasteiger partial charge on any atom is 0.191 e. The number of aryl methyl sites for hydroxylation is 1. The zero-order chi connectivity index (χ0) is 19.7. The largest absolute Gasteiger partial charge is 0.381 e. The van der Waals surface area contributed by atoms with E-state index < -0.39 is 0 Å². The molecule has 0 atom stereocenters. The highest BCUT2D eigenvalue weighted by Gasteiger charge is 2.34. The number of hydrogen-bond donors (Lipinski definition) is 2. The Bertz CT molecular complexity index is 744. The number of aromatic nitrogens is 1. The average molecular weight is 529 g/mol. The molecule has 0 saturated carbocycles. The van der Waals surface area contributed by atoms with Gasteiger partial charge in [0.05, 0.1) is 11.6 Å². The van der Waals surface area contributed by atoms with Crippen molar-refractivity contribution in [3.63, 3.8) is 0 Å². The molecular formula is C22H33IN4OS. The predicted molar refractivity (Wildman–Crippen MR) is 133 cm³/mol. The summed E-state index contributed by atoms with van der Waals surface area (Å²) in [7, 11) is 0. The Morgan fingerprint density at radius 3 is 2.59 bits per heavy atom. The van der Waals surface area contributed by atoms with Gasteiger partial charge in [0.15, 0.2) is 5.96 Å². The number of ether oxygens (including phenoxy) is 1. The smallest absolute Gasteiger partial charge is 0.191 e. The Labute approximate surface area is 195 Å². The number of guanidine groups is 1. The summed E-state index contributed by atoms with van der Waals surface area (Å²) in [5.74, 6) is 0.886. The number of halogens is 1. The van der Waals surface area contributed by atoms with E-state index >= 15 is 0 Å². The third kappa shape index (κ3) is 6.93. The van der Waals surface area contributed by atoms with E-state index in [0.29, 0.717) is 0 Å². The van der Waals surface area contributed by atoms with E-state index in [1.165, 1.54) is 15.4 Å². The molecule has 0 aliphatic carbocycles. The lowest BCUT2D eigenvalue weighted by molar-refractivity contribution is 0.0531. The van der Waals surface area contributed by atoms with Gasteiger partial charge >= 0.3 is 0 Å². The lowest BCUT2D eigenvalue weighted by atomic mass is 9.74. The molecule has 1 aliphatic heterocycles. The van der Waals surface area contributed by atoms with Crippen LogP contribution in [0.2, 0.25) is 0 Å². The molecule has 0 spiro atoms. The Hall–Kier alpha value is -1.19. The molecule has 160 valence electrons. The van der Waals surface area contributed by atoms with Crippen LogP contribution in [-0.2, 0) is 23.0 Å². The fraction of sp³-hybridized carbons (Fsp3) is 0.545. The van der Waals surface area contributed by atoms with Crippen LogP contribution >= 0.6 is 35.3 Å². The SMILES string of the molecule is CCNC(=NCC1(c2ccccc2)CCOCC1)NCCc1ncc(CC)s1.I. The monoisotopic (exact) mass is 528 g/mol. The molecule has 1 fully saturated rings. The molecule has 3 rings (SSSR count). The lowest BCUT2D eigenvalue weighted by Crippen LogP contribution is -2.41. The number of nitrogens with one attached hydrogen (secondary N) is 2. The third-order valence-electron chi connectivity index (χ3n) is 5.30. The van der Waals surface area contributed by atoms with Crippen LogP contribution < -0.4 is 10.6 Å². The van der Waals surface area contributed by atoms with E-state index in [1.54, 1.807) is 11.3 Å². The van der Waals surface area contributed by atoms with Gasteiger partial charge in [0.2, 0.25) is 0 Å². The summed E-state index contributed by atoms with van der Waals surface area (Å²) in [6.45, 7) is 8.34. The summed E-state index contributed by atoms with van der Waals surface area (Å²) in [5, 5.41) is 8.05. The molecule has 1 aromatic heterocycles. The van der Waals surface area contributed by atoms with Gasteiger partial charge in [-0.05, 0) is 31.7 Å². The van der Waals surface area contributed by atoms with Gasteiger partial charge in [-0.1, -0.05) is 37.3 Å². The minimum Gasteiger partial charge on any atom is -0.381 e. The van der Waals surface area contributed by atoms with Gasteiger partial charge in [-0.2, -0.15) is 0 Å². The summed E-state index contributed by atoms with van der Waals surface area (Å²) in [6, 6.07) is 10.8. The van der Waals surface area contributed by atoms with Crippen LogP contribution in [-0.4, -0.2) is 43.8 Å². The Morgan fingerprint density at radius 2 is 1.93 bits per heavy atom. The summed E-state index contributed by atoms with van der Waals surface area (Å²) >= 11 is 1.81. The number of rotatable bonds is 8. The van der Waals surface area contributed by atoms with Crippen molar-refractivity contribution in [2.75, 3.05) is 32.8 Å². The van der Waals surface area contributed by atoms with Crippen LogP contribution in [0.3, 0.4) is 0 Å². The van der Waals surface area contributed by atoms with Gasteiger partial charge in [-0.3, -0.25) is 4.99 Å². The first-order valence-electron chi connectivity index (χ1n) is 10.3. The molecule has 0 amide bonds. The molecule has 1 aromatic carbocycles. The van der Waals surface area contributed by atoms with E-state index in [-0.39, 0.29) is 29.4 Å². The van der Waals surface area contributed by atoms with Crippen LogP contribution in [0.25, 0.3) is 0 Å². The van der Waals surface area contributed by atoms with E-state index in [4.69, 9.17) is 9.73 Å². The van der Waals surface area contributed by atoms with Crippen molar-refractivity contribution in [1.29, 1.82) is 0 Å². The molecule has 5 nitrogen and oxygen atoms in total. The van der Waals surface area contributed by atoms with E-state index in [1.807, 2.05) is 6.20 Å². The van der Waals surface area contributed by atoms with Crippen LogP contribution in [0, 0.1) is 0 Å². The number of aliphatic imine (C=N–C) groups is 1. The van der Waals surface area contributed by atoms with Crippen LogP contribution in [0.5, 0.6) is 0 Å². The van der Waals surface area contributed by atoms with E-state index in [0.717, 1.165) is 64.5 Å². The van der Waals surface area contributed by atoms with Gasteiger partial charge < -0.3 is 15.4 Å². The van der Waals surface area contributed by atoms with Crippen molar-refractivity contribution in [2.24, 2.45) is 4.99 Å². The Balaban J connectivity index is 0.00000300. The van der Waals surface area contributed by atoms with Crippen LogP contribution in [0.4, 0.5) is 0 Å². The molecule has 0 bridgehead atoms. The maximum absolute atomic E-state index is 5.64. The molecule has 29 heavy (non-hydrogen) atoms. The number of hydrogen-bond acceptors (Lipinski definition) is 4. The topological polar surface area (TPSA) is 58.5 Å². The first-order valence-corrected chi connectivity index (χ1v) is 11.2. The second kappa shape index (κ2) is 12.5. The van der Waals surface area contributed by atoms with Crippen LogP contribution in [0.15, 0.2) is 41.5 Å². The first-order chi connectivity index (χ1) is 13.8. The number of thiazole rings is 1. The highest BCUT2D eigenvalue weighted by molar-refractivity contribution is 14.0. The zero-order valence-corrected chi connectivity index (χ0v) is 20.6. The third-order valence-corrected chi connectivity index (χ3v) is 6.50. The van der Waals surface area contributed by atoms with Crippen molar-refractivity contribution in [3.05, 3.63) is 52.0 Å². The highest BCUT2D eigenvalue weighted by Crippen LogP contribution is 2.35. The zero-order valence-electron chi connectivity index (χ0n) is 17.4. The van der Waals surface area contributed by atoms with Crippen molar-refractivity contribution < 1.29 is 4.74 Å². The second-order valence-electron chi connectivity index (χ2n) is 7.20. The van der Waals surface area contributed by atoms with Crippen LogP contribution in [0.1, 0.15) is 42.1 Å². The van der Waals surface area contributed by atoms with Crippen molar-refractivity contribution >= 4 is 41.3 Å². The number of benzene rings is 1. The minimum atomic E-state index is 0. The molecule has 7 heteroatoms. The standard InChI is InChI=1S/C22H32N4OS.HI/c1-3-19-16-25-20(28-19)10-13-24-21(23-4-2)26-17-22(11-14-27-15-12-22)18-8-6-5-7-9-18;/h5-9,16H,3-4,10-15,17H2,1-2H3,(H2,23,24,26);1H. The van der Waals surface area contributed by atoms with E-state index in [2.05, 4.69) is 59.8 Å². The quantitative estimate of drug-likeness (QED) is 0.307. The molecule has 0 radical (unpaired) electrons. The Morgan fingerprint density at radius 1 is 1.17 bits per heavy atom. The van der Waals surface area contributed by atoms with Crippen molar-refractivity contribution in [1.82, 2.24) is 15.6 Å². The van der Waals surface area contributed by atoms with Gasteiger partial charge in [0, 0.05) is 49.2 Å². The molecule has 1 aliphatic rings. The molecular weight excluding hydrogens is 495 g/mol. The summed E-state index contributed by atoms with van der Waals surface area (Å²) in [4.78, 5) is 10.8. The summed E-state index contributed by atoms with van der Waals surface area (Å²) < 4.78 is 5.64. The normalized spacial score (nSPS) is 16.1. The molecule has 2 aromatic rings. The molecule has 2 heterocycles. The fourth-order valence-corrected chi connectivity index (χ4v) is 4.44. The second-order valence-corrected chi connectivity index (χ2v) is 8.40. The average Bonchev–Trinajstić information content (AvgIpc) is 3.21. The first kappa shape index (κ1) is 24.1. The number of nitrogens with zero attached hydrogens (tertiary/aromatic N) is 2. The van der Waals surface area contributed by atoms with Gasteiger partial charge in [-0.15, -0.1) is 35.3 Å². The van der Waals surface area contributed by atoms with Crippen molar-refractivity contribution in [3.8, 4) is 0 Å².